The molecule has 0 saturated carbocycles. The largest absolute Gasteiger partial charge is 0.444 e. The van der Waals surface area contributed by atoms with Gasteiger partial charge in [-0.05, 0) is 90.5 Å². The summed E-state index contributed by atoms with van der Waals surface area (Å²) in [5.41, 5.74) is 3.97. The van der Waals surface area contributed by atoms with Crippen LogP contribution in [-0.4, -0.2) is 73.8 Å². The van der Waals surface area contributed by atoms with Crippen LogP contribution >= 0.6 is 11.3 Å². The molecule has 2 aliphatic rings. The summed E-state index contributed by atoms with van der Waals surface area (Å²) in [5, 5.41) is 4.32. The van der Waals surface area contributed by atoms with E-state index < -0.39 is 11.2 Å². The van der Waals surface area contributed by atoms with Crippen molar-refractivity contribution in [1.29, 1.82) is 0 Å². The summed E-state index contributed by atoms with van der Waals surface area (Å²) in [4.78, 5) is 42.0. The first-order valence-corrected chi connectivity index (χ1v) is 16.9. The number of amides is 2. The van der Waals surface area contributed by atoms with Gasteiger partial charge in [-0.15, -0.1) is 0 Å². The van der Waals surface area contributed by atoms with E-state index in [4.69, 9.17) is 19.4 Å². The number of nitrogens with zero attached hydrogens (tertiary/aromatic N) is 4. The number of aromatic amines is 1. The van der Waals surface area contributed by atoms with Crippen molar-refractivity contribution >= 4 is 38.9 Å². The van der Waals surface area contributed by atoms with Gasteiger partial charge in [0.15, 0.2) is 5.13 Å². The zero-order valence-corrected chi connectivity index (χ0v) is 28.4. The fourth-order valence-electron chi connectivity index (χ4n) is 6.07. The molecule has 11 heteroatoms. The van der Waals surface area contributed by atoms with Crippen LogP contribution in [0.1, 0.15) is 79.1 Å². The average molecular weight is 645 g/mol. The predicted octanol–water partition coefficient (Wildman–Crippen LogP) is 8.24. The minimum absolute atomic E-state index is 0.0867. The molecule has 4 aromatic rings. The van der Waals surface area contributed by atoms with Gasteiger partial charge in [0.1, 0.15) is 17.0 Å². The maximum absolute atomic E-state index is 12.8. The van der Waals surface area contributed by atoms with E-state index in [2.05, 4.69) is 52.8 Å². The van der Waals surface area contributed by atoms with Crippen LogP contribution in [0.3, 0.4) is 0 Å². The topological polar surface area (TPSA) is 113 Å². The number of fused-ring (bicyclic) bond motifs is 1. The molecule has 2 amide bonds. The molecule has 2 atom stereocenters. The summed E-state index contributed by atoms with van der Waals surface area (Å²) >= 11 is 1.62. The molecular formula is C35H44N6O4S. The van der Waals surface area contributed by atoms with Crippen molar-refractivity contribution in [3.05, 3.63) is 54.5 Å². The molecule has 0 bridgehead atoms. The fraction of sp³-hybridized carbons (Fsp3) is 0.486. The van der Waals surface area contributed by atoms with Crippen LogP contribution in [-0.2, 0) is 9.47 Å². The van der Waals surface area contributed by atoms with Gasteiger partial charge in [-0.1, -0.05) is 41.7 Å². The third-order valence-electron chi connectivity index (χ3n) is 8.19. The first-order chi connectivity index (χ1) is 21.8. The number of imidazole rings is 1. The highest BCUT2D eigenvalue weighted by molar-refractivity contribution is 7.22. The number of hydrogen-bond donors (Lipinski definition) is 2. The Morgan fingerprint density at radius 3 is 2.22 bits per heavy atom. The van der Waals surface area contributed by atoms with Crippen LogP contribution in [0.4, 0.5) is 14.7 Å². The number of carbonyl (C=O) groups is 2. The van der Waals surface area contributed by atoms with Crippen LogP contribution in [0.5, 0.6) is 0 Å². The molecule has 2 N–H and O–H groups in total. The number of likely N-dealkylation sites (tertiary alicyclic amines) is 2. The number of thiazole rings is 1. The molecule has 10 nitrogen and oxygen atoms in total. The first-order valence-electron chi connectivity index (χ1n) is 16.1. The lowest BCUT2D eigenvalue weighted by Gasteiger charge is -2.28. The standard InChI is InChI=1S/C35H44N6O4S/c1-34(2,3)44-32(42)40-17-7-9-25(40)20-37-31-39-26-16-15-24(19-29(26)46-31)22-11-13-23(14-12-22)27-21-36-30(38-27)28-10-8-18-41(28)33(43)45-35(4,5)6/h11-16,19,21,25,28H,7-10,17-18,20H2,1-6H3,(H,36,38)(H,37,39)/t25-,28-/m0/s1. The maximum Gasteiger partial charge on any atom is 0.410 e. The lowest BCUT2D eigenvalue weighted by Crippen LogP contribution is -2.42. The Morgan fingerprint density at radius 1 is 0.870 bits per heavy atom. The first kappa shape index (κ1) is 31.8. The van der Waals surface area contributed by atoms with Crippen LogP contribution in [0, 0.1) is 0 Å². The van der Waals surface area contributed by atoms with E-state index in [1.54, 1.807) is 16.2 Å². The van der Waals surface area contributed by atoms with E-state index in [0.29, 0.717) is 13.1 Å². The minimum atomic E-state index is -0.536. The zero-order valence-electron chi connectivity index (χ0n) is 27.6. The van der Waals surface area contributed by atoms with Crippen molar-refractivity contribution in [1.82, 2.24) is 24.8 Å². The number of nitrogens with one attached hydrogen (secondary N) is 2. The number of rotatable bonds is 6. The molecule has 244 valence electrons. The third kappa shape index (κ3) is 7.30. The number of hydrogen-bond acceptors (Lipinski definition) is 8. The molecule has 2 saturated heterocycles. The number of benzene rings is 2. The monoisotopic (exact) mass is 644 g/mol. The van der Waals surface area contributed by atoms with Gasteiger partial charge >= 0.3 is 12.2 Å². The van der Waals surface area contributed by atoms with Gasteiger partial charge < -0.3 is 24.7 Å². The van der Waals surface area contributed by atoms with Crippen molar-refractivity contribution < 1.29 is 19.1 Å². The van der Waals surface area contributed by atoms with E-state index in [9.17, 15) is 9.59 Å². The zero-order chi connectivity index (χ0) is 32.6. The van der Waals surface area contributed by atoms with Gasteiger partial charge in [0.05, 0.1) is 28.0 Å². The maximum atomic E-state index is 12.8. The Labute approximate surface area is 274 Å². The van der Waals surface area contributed by atoms with E-state index in [1.165, 1.54) is 0 Å². The molecule has 0 spiro atoms. The highest BCUT2D eigenvalue weighted by Crippen LogP contribution is 2.34. The molecular weight excluding hydrogens is 600 g/mol. The van der Waals surface area contributed by atoms with Crippen LogP contribution < -0.4 is 5.32 Å². The second-order valence-corrected chi connectivity index (χ2v) is 15.2. The highest BCUT2D eigenvalue weighted by Gasteiger charge is 2.35. The van der Waals surface area contributed by atoms with Gasteiger partial charge in [0.2, 0.25) is 0 Å². The predicted molar refractivity (Wildman–Crippen MR) is 182 cm³/mol. The SMILES string of the molecule is CC(C)(C)OC(=O)N1CCC[C@H]1CNc1nc2ccc(-c3ccc(-c4c[nH]c([C@@H]5CCCN5C(=O)OC(C)(C)C)n4)cc3)cc2s1. The van der Waals surface area contributed by atoms with E-state index in [1.807, 2.05) is 52.6 Å². The number of carbonyl (C=O) groups excluding carboxylic acids is 2. The van der Waals surface area contributed by atoms with E-state index in [-0.39, 0.29) is 24.3 Å². The average Bonchev–Trinajstić information content (AvgIpc) is 3.80. The van der Waals surface area contributed by atoms with Gasteiger partial charge in [0, 0.05) is 31.4 Å². The van der Waals surface area contributed by atoms with Crippen molar-refractivity contribution in [2.24, 2.45) is 0 Å². The molecule has 46 heavy (non-hydrogen) atoms. The van der Waals surface area contributed by atoms with Crippen LogP contribution in [0.2, 0.25) is 0 Å². The Bertz CT molecular complexity index is 1700. The van der Waals surface area contributed by atoms with Crippen molar-refractivity contribution in [2.75, 3.05) is 25.0 Å². The summed E-state index contributed by atoms with van der Waals surface area (Å²) in [5.74, 6) is 0.785. The second kappa shape index (κ2) is 12.6. The molecule has 0 aliphatic carbocycles. The molecule has 2 aromatic carbocycles. The normalized spacial score (nSPS) is 18.7. The molecule has 2 aliphatic heterocycles. The van der Waals surface area contributed by atoms with Crippen molar-refractivity contribution in [2.45, 2.75) is 90.5 Å². The van der Waals surface area contributed by atoms with Crippen molar-refractivity contribution in [3.63, 3.8) is 0 Å². The summed E-state index contributed by atoms with van der Waals surface area (Å²) in [6.07, 6.45) is 5.06. The van der Waals surface area contributed by atoms with Gasteiger partial charge in [-0.3, -0.25) is 4.90 Å². The molecule has 0 unspecified atom stereocenters. The van der Waals surface area contributed by atoms with Gasteiger partial charge in [0.25, 0.3) is 0 Å². The summed E-state index contributed by atoms with van der Waals surface area (Å²) < 4.78 is 12.3. The molecule has 4 heterocycles. The summed E-state index contributed by atoms with van der Waals surface area (Å²) in [7, 11) is 0. The number of anilines is 1. The Kier molecular flexibility index (Phi) is 8.71. The van der Waals surface area contributed by atoms with Gasteiger partial charge in [-0.25, -0.2) is 19.6 Å². The number of ether oxygens (including phenoxy) is 2. The number of aromatic nitrogens is 3. The molecule has 2 aromatic heterocycles. The quantitative estimate of drug-likeness (QED) is 0.217. The molecule has 0 radical (unpaired) electrons. The second-order valence-electron chi connectivity index (χ2n) is 14.1. The fourth-order valence-corrected chi connectivity index (χ4v) is 6.98. The molecule has 2 fully saturated rings. The molecule has 6 rings (SSSR count). The number of H-pyrrole nitrogens is 1. The highest BCUT2D eigenvalue weighted by atomic mass is 32.1. The van der Waals surface area contributed by atoms with E-state index in [0.717, 1.165) is 75.8 Å². The summed E-state index contributed by atoms with van der Waals surface area (Å²) in [6.45, 7) is 13.4. The Morgan fingerprint density at radius 2 is 1.50 bits per heavy atom. The Balaban J connectivity index is 1.10. The minimum Gasteiger partial charge on any atom is -0.444 e. The van der Waals surface area contributed by atoms with Crippen molar-refractivity contribution in [3.8, 4) is 22.4 Å². The Hall–Kier alpha value is -4.12. The third-order valence-corrected chi connectivity index (χ3v) is 9.17. The summed E-state index contributed by atoms with van der Waals surface area (Å²) in [6, 6.07) is 14.7. The lowest BCUT2D eigenvalue weighted by molar-refractivity contribution is 0.0213. The smallest absolute Gasteiger partial charge is 0.410 e. The van der Waals surface area contributed by atoms with Crippen LogP contribution in [0.15, 0.2) is 48.7 Å². The van der Waals surface area contributed by atoms with Crippen LogP contribution in [0.25, 0.3) is 32.6 Å². The van der Waals surface area contributed by atoms with Gasteiger partial charge in [-0.2, -0.15) is 0 Å². The lowest BCUT2D eigenvalue weighted by atomic mass is 10.0. The van der Waals surface area contributed by atoms with E-state index >= 15 is 0 Å².